The van der Waals surface area contributed by atoms with E-state index in [9.17, 15) is 0 Å². The van der Waals surface area contributed by atoms with Crippen LogP contribution in [0.2, 0.25) is 0 Å². The summed E-state index contributed by atoms with van der Waals surface area (Å²) in [6, 6.07) is 0.795. The first kappa shape index (κ1) is 15.3. The lowest BCUT2D eigenvalue weighted by atomic mass is 9.82. The minimum Gasteiger partial charge on any atom is -0.314 e. The summed E-state index contributed by atoms with van der Waals surface area (Å²) >= 11 is 0. The third-order valence-electron chi connectivity index (χ3n) is 5.48. The molecule has 4 atom stereocenters. The Morgan fingerprint density at radius 1 is 1.05 bits per heavy atom. The average Bonchev–Trinajstić information content (AvgIpc) is 2.42. The maximum absolute atomic E-state index is 3.80. The van der Waals surface area contributed by atoms with E-state index in [-0.39, 0.29) is 0 Å². The predicted octanol–water partition coefficient (Wildman–Crippen LogP) is 3.52. The number of nitrogens with zero attached hydrogens (tertiary/aromatic N) is 1. The van der Waals surface area contributed by atoms with Gasteiger partial charge in [0, 0.05) is 19.1 Å². The van der Waals surface area contributed by atoms with E-state index >= 15 is 0 Å². The molecule has 19 heavy (non-hydrogen) atoms. The molecular formula is C17H34N2. The fourth-order valence-corrected chi connectivity index (χ4v) is 3.87. The maximum atomic E-state index is 3.80. The Labute approximate surface area is 120 Å². The summed E-state index contributed by atoms with van der Waals surface area (Å²) in [6.45, 7) is 12.4. The Morgan fingerprint density at radius 2 is 1.84 bits per heavy atom. The maximum Gasteiger partial charge on any atom is 0.0107 e. The van der Waals surface area contributed by atoms with Crippen molar-refractivity contribution >= 4 is 0 Å². The van der Waals surface area contributed by atoms with Crippen molar-refractivity contribution in [1.82, 2.24) is 10.2 Å². The van der Waals surface area contributed by atoms with E-state index in [2.05, 4.69) is 31.0 Å². The summed E-state index contributed by atoms with van der Waals surface area (Å²) < 4.78 is 0. The van der Waals surface area contributed by atoms with Crippen molar-refractivity contribution < 1.29 is 0 Å². The highest BCUT2D eigenvalue weighted by molar-refractivity contribution is 4.85. The van der Waals surface area contributed by atoms with Gasteiger partial charge < -0.3 is 10.2 Å². The smallest absolute Gasteiger partial charge is 0.0107 e. The van der Waals surface area contributed by atoms with Gasteiger partial charge in [-0.1, -0.05) is 33.6 Å². The fourth-order valence-electron chi connectivity index (χ4n) is 3.87. The molecular weight excluding hydrogens is 232 g/mol. The first-order chi connectivity index (χ1) is 9.20. The zero-order valence-corrected chi connectivity index (χ0v) is 13.3. The molecule has 1 saturated heterocycles. The Kier molecular flexibility index (Phi) is 6.15. The molecule has 2 nitrogen and oxygen atoms in total. The minimum atomic E-state index is 0.795. The summed E-state index contributed by atoms with van der Waals surface area (Å²) in [4.78, 5) is 2.75. The van der Waals surface area contributed by atoms with Crippen molar-refractivity contribution in [2.24, 2.45) is 17.8 Å². The Balaban J connectivity index is 1.81. The zero-order chi connectivity index (χ0) is 13.7. The minimum absolute atomic E-state index is 0.795. The van der Waals surface area contributed by atoms with Crippen LogP contribution >= 0.6 is 0 Å². The van der Waals surface area contributed by atoms with E-state index in [1.165, 1.54) is 64.7 Å². The van der Waals surface area contributed by atoms with Crippen molar-refractivity contribution in [3.05, 3.63) is 0 Å². The molecule has 0 aromatic carbocycles. The van der Waals surface area contributed by atoms with Crippen LogP contribution in [0.4, 0.5) is 0 Å². The van der Waals surface area contributed by atoms with Gasteiger partial charge in [-0.2, -0.15) is 0 Å². The lowest BCUT2D eigenvalue weighted by molar-refractivity contribution is 0.0992. The molecule has 2 fully saturated rings. The summed E-state index contributed by atoms with van der Waals surface area (Å²) in [7, 11) is 0. The zero-order valence-electron chi connectivity index (χ0n) is 13.3. The third-order valence-corrected chi connectivity index (χ3v) is 5.48. The van der Waals surface area contributed by atoms with Crippen LogP contribution in [0.25, 0.3) is 0 Å². The molecule has 1 N–H and O–H groups in total. The van der Waals surface area contributed by atoms with Crippen molar-refractivity contribution in [2.75, 3.05) is 26.2 Å². The molecule has 1 aliphatic heterocycles. The molecule has 1 heterocycles. The molecule has 2 aliphatic rings. The van der Waals surface area contributed by atoms with E-state index in [0.717, 1.165) is 23.8 Å². The predicted molar refractivity (Wildman–Crippen MR) is 83.4 cm³/mol. The molecule has 0 aromatic heterocycles. The summed E-state index contributed by atoms with van der Waals surface area (Å²) in [5.41, 5.74) is 0. The molecule has 0 amide bonds. The number of piperidine rings is 1. The third kappa shape index (κ3) is 4.46. The van der Waals surface area contributed by atoms with Gasteiger partial charge in [0.25, 0.3) is 0 Å². The largest absolute Gasteiger partial charge is 0.314 e. The first-order valence-corrected chi connectivity index (χ1v) is 8.66. The van der Waals surface area contributed by atoms with Gasteiger partial charge in [0.05, 0.1) is 0 Å². The van der Waals surface area contributed by atoms with Gasteiger partial charge in [-0.15, -0.1) is 0 Å². The molecule has 0 spiro atoms. The quantitative estimate of drug-likeness (QED) is 0.819. The van der Waals surface area contributed by atoms with E-state index in [4.69, 9.17) is 0 Å². The highest BCUT2D eigenvalue weighted by Crippen LogP contribution is 2.28. The number of hydrogen-bond acceptors (Lipinski definition) is 2. The average molecular weight is 266 g/mol. The summed E-state index contributed by atoms with van der Waals surface area (Å²) in [6.07, 6.45) is 8.41. The van der Waals surface area contributed by atoms with Gasteiger partial charge in [-0.25, -0.2) is 0 Å². The van der Waals surface area contributed by atoms with E-state index in [0.29, 0.717) is 0 Å². The van der Waals surface area contributed by atoms with Crippen LogP contribution in [-0.4, -0.2) is 37.1 Å². The lowest BCUT2D eigenvalue weighted by Gasteiger charge is -2.40. The van der Waals surface area contributed by atoms with Crippen molar-refractivity contribution in [1.29, 1.82) is 0 Å². The van der Waals surface area contributed by atoms with Gasteiger partial charge in [0.1, 0.15) is 0 Å². The Morgan fingerprint density at radius 3 is 2.58 bits per heavy atom. The van der Waals surface area contributed by atoms with Crippen molar-refractivity contribution in [3.8, 4) is 0 Å². The van der Waals surface area contributed by atoms with Gasteiger partial charge in [0.15, 0.2) is 0 Å². The molecule has 0 aromatic rings. The van der Waals surface area contributed by atoms with Crippen LogP contribution in [0.5, 0.6) is 0 Å². The second kappa shape index (κ2) is 7.64. The number of nitrogens with one attached hydrogen (secondary N) is 1. The number of rotatable bonds is 5. The Hall–Kier alpha value is -0.0800. The van der Waals surface area contributed by atoms with Crippen LogP contribution in [-0.2, 0) is 0 Å². The van der Waals surface area contributed by atoms with Crippen molar-refractivity contribution in [3.63, 3.8) is 0 Å². The molecule has 1 aliphatic carbocycles. The normalized spacial score (nSPS) is 37.4. The van der Waals surface area contributed by atoms with E-state index < -0.39 is 0 Å². The van der Waals surface area contributed by atoms with Crippen LogP contribution in [0.3, 0.4) is 0 Å². The highest BCUT2D eigenvalue weighted by atomic mass is 15.1. The summed E-state index contributed by atoms with van der Waals surface area (Å²) in [5, 5.41) is 3.80. The molecule has 4 unspecified atom stereocenters. The van der Waals surface area contributed by atoms with Crippen LogP contribution in [0, 0.1) is 17.8 Å². The number of hydrogen-bond donors (Lipinski definition) is 1. The van der Waals surface area contributed by atoms with Gasteiger partial charge in [-0.05, 0) is 56.5 Å². The molecule has 2 rings (SSSR count). The molecule has 0 radical (unpaired) electrons. The second-order valence-corrected chi connectivity index (χ2v) is 7.11. The number of likely N-dealkylation sites (tertiary alicyclic amines) is 1. The lowest BCUT2D eigenvalue weighted by Crippen LogP contribution is -2.47. The van der Waals surface area contributed by atoms with Gasteiger partial charge >= 0.3 is 0 Å². The van der Waals surface area contributed by atoms with Crippen LogP contribution in [0.1, 0.15) is 59.3 Å². The van der Waals surface area contributed by atoms with E-state index in [1.54, 1.807) is 0 Å². The second-order valence-electron chi connectivity index (χ2n) is 7.11. The topological polar surface area (TPSA) is 15.3 Å². The monoisotopic (exact) mass is 266 g/mol. The molecule has 1 saturated carbocycles. The molecule has 112 valence electrons. The van der Waals surface area contributed by atoms with Crippen LogP contribution in [0.15, 0.2) is 0 Å². The molecule has 2 heteroatoms. The first-order valence-electron chi connectivity index (χ1n) is 8.66. The fraction of sp³-hybridized carbons (Fsp3) is 1.00. The van der Waals surface area contributed by atoms with Gasteiger partial charge in [0.2, 0.25) is 0 Å². The van der Waals surface area contributed by atoms with E-state index in [1.807, 2.05) is 0 Å². The SMILES string of the molecule is CCCNC1CCCCC1CN1CCC(C)C(C)C1. The highest BCUT2D eigenvalue weighted by Gasteiger charge is 2.29. The Bertz CT molecular complexity index is 254. The van der Waals surface area contributed by atoms with Gasteiger partial charge in [-0.3, -0.25) is 0 Å². The molecule has 0 bridgehead atoms. The van der Waals surface area contributed by atoms with Crippen LogP contribution < -0.4 is 5.32 Å². The standard InChI is InChI=1S/C17H34N2/c1-4-10-18-17-8-6-5-7-16(17)13-19-11-9-14(2)15(3)12-19/h14-18H,4-13H2,1-3H3. The summed E-state index contributed by atoms with van der Waals surface area (Å²) in [5.74, 6) is 2.72. The van der Waals surface area contributed by atoms with Crippen molar-refractivity contribution in [2.45, 2.75) is 65.3 Å².